The molecule has 0 fully saturated rings. The molecule has 90 valence electrons. The van der Waals surface area contributed by atoms with Gasteiger partial charge in [-0.2, -0.15) is 0 Å². The van der Waals surface area contributed by atoms with Crippen LogP contribution in [0.1, 0.15) is 11.8 Å². The van der Waals surface area contributed by atoms with E-state index < -0.39 is 17.7 Å². The molecule has 1 aromatic heterocycles. The fourth-order valence-electron chi connectivity index (χ4n) is 1.36. The first-order chi connectivity index (χ1) is 8.16. The summed E-state index contributed by atoms with van der Waals surface area (Å²) in [6, 6.07) is 6.02. The summed E-state index contributed by atoms with van der Waals surface area (Å²) in [4.78, 5) is 0. The van der Waals surface area contributed by atoms with Crippen LogP contribution in [0.4, 0.5) is 8.78 Å². The van der Waals surface area contributed by atoms with Gasteiger partial charge < -0.3 is 14.9 Å². The Morgan fingerprint density at radius 2 is 2.12 bits per heavy atom. The van der Waals surface area contributed by atoms with Crippen LogP contribution in [-0.4, -0.2) is 6.61 Å². The molecular formula is C12H11F2NO2. The summed E-state index contributed by atoms with van der Waals surface area (Å²) in [7, 11) is 0. The highest BCUT2D eigenvalue weighted by Crippen LogP contribution is 2.19. The highest BCUT2D eigenvalue weighted by atomic mass is 19.1. The van der Waals surface area contributed by atoms with Gasteiger partial charge in [0.1, 0.15) is 18.2 Å². The molecule has 17 heavy (non-hydrogen) atoms. The number of furan rings is 1. The lowest BCUT2D eigenvalue weighted by Crippen LogP contribution is -2.18. The number of ether oxygens (including phenoxy) is 1. The average molecular weight is 239 g/mol. The van der Waals surface area contributed by atoms with Gasteiger partial charge in [-0.15, -0.1) is 0 Å². The smallest absolute Gasteiger partial charge is 0.167 e. The quantitative estimate of drug-likeness (QED) is 0.892. The van der Waals surface area contributed by atoms with E-state index in [9.17, 15) is 8.78 Å². The Balaban J connectivity index is 1.98. The number of halogens is 2. The van der Waals surface area contributed by atoms with E-state index in [2.05, 4.69) is 0 Å². The standard InChI is InChI=1S/C12H11F2NO2/c13-8-3-4-11(9(14)6-8)17-7-10(15)12-2-1-5-16-12/h1-6,10H,7,15H2. The lowest BCUT2D eigenvalue weighted by molar-refractivity contribution is 0.261. The molecule has 1 heterocycles. The molecule has 0 radical (unpaired) electrons. The van der Waals surface area contributed by atoms with Gasteiger partial charge in [0.25, 0.3) is 0 Å². The molecule has 0 amide bonds. The van der Waals surface area contributed by atoms with Crippen molar-refractivity contribution in [1.82, 2.24) is 0 Å². The van der Waals surface area contributed by atoms with Crippen molar-refractivity contribution in [3.05, 3.63) is 54.0 Å². The van der Waals surface area contributed by atoms with Gasteiger partial charge in [-0.25, -0.2) is 8.78 Å². The zero-order chi connectivity index (χ0) is 12.3. The third kappa shape index (κ3) is 2.82. The van der Waals surface area contributed by atoms with Crippen LogP contribution < -0.4 is 10.5 Å². The van der Waals surface area contributed by atoms with Gasteiger partial charge in [-0.1, -0.05) is 0 Å². The molecule has 0 aliphatic carbocycles. The van der Waals surface area contributed by atoms with Gasteiger partial charge in [-0.3, -0.25) is 0 Å². The maximum Gasteiger partial charge on any atom is 0.167 e. The molecule has 1 atom stereocenters. The summed E-state index contributed by atoms with van der Waals surface area (Å²) >= 11 is 0. The molecule has 0 spiro atoms. The maximum atomic E-state index is 13.2. The molecule has 2 rings (SSSR count). The molecule has 0 saturated carbocycles. The van der Waals surface area contributed by atoms with E-state index in [1.54, 1.807) is 12.1 Å². The van der Waals surface area contributed by atoms with Crippen molar-refractivity contribution in [3.63, 3.8) is 0 Å². The summed E-state index contributed by atoms with van der Waals surface area (Å²) in [5.41, 5.74) is 5.75. The zero-order valence-electron chi connectivity index (χ0n) is 8.90. The third-order valence-electron chi connectivity index (χ3n) is 2.22. The molecule has 0 saturated heterocycles. The number of rotatable bonds is 4. The van der Waals surface area contributed by atoms with Crippen LogP contribution in [0.5, 0.6) is 5.75 Å². The number of benzene rings is 1. The average Bonchev–Trinajstić information content (AvgIpc) is 2.81. The first-order valence-corrected chi connectivity index (χ1v) is 5.03. The van der Waals surface area contributed by atoms with Crippen molar-refractivity contribution < 1.29 is 17.9 Å². The van der Waals surface area contributed by atoms with Crippen molar-refractivity contribution in [2.24, 2.45) is 5.73 Å². The summed E-state index contributed by atoms with van der Waals surface area (Å²) in [6.07, 6.45) is 1.49. The summed E-state index contributed by atoms with van der Waals surface area (Å²) < 4.78 is 36.1. The molecule has 3 nitrogen and oxygen atoms in total. The SMILES string of the molecule is NC(COc1ccc(F)cc1F)c1ccco1. The Labute approximate surface area is 96.8 Å². The minimum absolute atomic E-state index is 0.0339. The van der Waals surface area contributed by atoms with Crippen LogP contribution in [0.2, 0.25) is 0 Å². The van der Waals surface area contributed by atoms with Gasteiger partial charge in [0, 0.05) is 6.07 Å². The third-order valence-corrected chi connectivity index (χ3v) is 2.22. The van der Waals surface area contributed by atoms with Crippen LogP contribution in [0.25, 0.3) is 0 Å². The lowest BCUT2D eigenvalue weighted by atomic mass is 10.2. The van der Waals surface area contributed by atoms with Crippen molar-refractivity contribution in [1.29, 1.82) is 0 Å². The molecule has 0 bridgehead atoms. The topological polar surface area (TPSA) is 48.4 Å². The van der Waals surface area contributed by atoms with E-state index in [1.165, 1.54) is 12.3 Å². The maximum absolute atomic E-state index is 13.2. The molecule has 5 heteroatoms. The van der Waals surface area contributed by atoms with Gasteiger partial charge in [0.05, 0.1) is 12.3 Å². The van der Waals surface area contributed by atoms with E-state index >= 15 is 0 Å². The van der Waals surface area contributed by atoms with E-state index in [-0.39, 0.29) is 12.4 Å². The molecular weight excluding hydrogens is 228 g/mol. The first-order valence-electron chi connectivity index (χ1n) is 5.03. The number of nitrogens with two attached hydrogens (primary N) is 1. The van der Waals surface area contributed by atoms with Gasteiger partial charge in [0.15, 0.2) is 11.6 Å². The summed E-state index contributed by atoms with van der Waals surface area (Å²) in [6.45, 7) is 0.0517. The fourth-order valence-corrected chi connectivity index (χ4v) is 1.36. The minimum atomic E-state index is -0.753. The van der Waals surface area contributed by atoms with Crippen molar-refractivity contribution in [3.8, 4) is 5.75 Å². The zero-order valence-corrected chi connectivity index (χ0v) is 8.90. The van der Waals surface area contributed by atoms with Gasteiger partial charge in [-0.05, 0) is 24.3 Å². The first kappa shape index (κ1) is 11.6. The molecule has 1 aromatic carbocycles. The molecule has 1 unspecified atom stereocenters. The molecule has 0 aliphatic heterocycles. The lowest BCUT2D eigenvalue weighted by Gasteiger charge is -2.11. The van der Waals surface area contributed by atoms with Crippen LogP contribution in [0.3, 0.4) is 0 Å². The van der Waals surface area contributed by atoms with Gasteiger partial charge >= 0.3 is 0 Å². The van der Waals surface area contributed by atoms with E-state index in [4.69, 9.17) is 14.9 Å². The van der Waals surface area contributed by atoms with Crippen LogP contribution >= 0.6 is 0 Å². The summed E-state index contributed by atoms with van der Waals surface area (Å²) in [5, 5.41) is 0. The Bertz CT molecular complexity index is 485. The highest BCUT2D eigenvalue weighted by Gasteiger charge is 2.11. The van der Waals surface area contributed by atoms with E-state index in [0.29, 0.717) is 5.76 Å². The predicted octanol–water partition coefficient (Wildman–Crippen LogP) is 2.64. The largest absolute Gasteiger partial charge is 0.488 e. The second-order valence-corrected chi connectivity index (χ2v) is 3.51. The van der Waals surface area contributed by atoms with Crippen molar-refractivity contribution in [2.45, 2.75) is 6.04 Å². The van der Waals surface area contributed by atoms with Crippen LogP contribution in [0, 0.1) is 11.6 Å². The monoisotopic (exact) mass is 239 g/mol. The Morgan fingerprint density at radius 3 is 2.76 bits per heavy atom. The van der Waals surface area contributed by atoms with E-state index in [1.807, 2.05) is 0 Å². The highest BCUT2D eigenvalue weighted by molar-refractivity contribution is 5.24. The second-order valence-electron chi connectivity index (χ2n) is 3.51. The minimum Gasteiger partial charge on any atom is -0.488 e. The molecule has 2 aromatic rings. The molecule has 2 N–H and O–H groups in total. The van der Waals surface area contributed by atoms with Crippen molar-refractivity contribution in [2.75, 3.05) is 6.61 Å². The van der Waals surface area contributed by atoms with Crippen LogP contribution in [-0.2, 0) is 0 Å². The fraction of sp³-hybridized carbons (Fsp3) is 0.167. The Kier molecular flexibility index (Phi) is 3.39. The van der Waals surface area contributed by atoms with Gasteiger partial charge in [0.2, 0.25) is 0 Å². The van der Waals surface area contributed by atoms with Crippen molar-refractivity contribution >= 4 is 0 Å². The van der Waals surface area contributed by atoms with Crippen LogP contribution in [0.15, 0.2) is 41.0 Å². The second kappa shape index (κ2) is 4.97. The summed E-state index contributed by atoms with van der Waals surface area (Å²) in [5.74, 6) is -0.886. The molecule has 0 aliphatic rings. The Hall–Kier alpha value is -1.88. The number of hydrogen-bond donors (Lipinski definition) is 1. The number of hydrogen-bond acceptors (Lipinski definition) is 3. The Morgan fingerprint density at radius 1 is 1.29 bits per heavy atom. The van der Waals surface area contributed by atoms with E-state index in [0.717, 1.165) is 12.1 Å². The predicted molar refractivity (Wildman–Crippen MR) is 57.5 cm³/mol. The normalized spacial score (nSPS) is 12.4.